The van der Waals surface area contributed by atoms with Gasteiger partial charge in [-0.15, -0.1) is 11.3 Å². The van der Waals surface area contributed by atoms with Crippen molar-refractivity contribution in [3.63, 3.8) is 0 Å². The normalized spacial score (nSPS) is 16.7. The van der Waals surface area contributed by atoms with Gasteiger partial charge in [0.2, 0.25) is 0 Å². The molecular weight excluding hydrogens is 386 g/mol. The number of benzene rings is 1. The van der Waals surface area contributed by atoms with Crippen LogP contribution < -0.4 is 5.56 Å². The summed E-state index contributed by atoms with van der Waals surface area (Å²) in [6.45, 7) is 2.23. The number of thiophene rings is 1. The largest absolute Gasteiger partial charge is 0.306 e. The number of rotatable bonds is 3. The number of nitrogens with zero attached hydrogens (tertiary/aromatic N) is 2. The molecule has 1 aliphatic rings. The molecular formula is C19H16ClN3O3S. The van der Waals surface area contributed by atoms with Crippen molar-refractivity contribution in [2.75, 3.05) is 0 Å². The first-order valence-electron chi connectivity index (χ1n) is 8.59. The standard InChI is InChI=1S/C19H16ClN3O3S/c1-10-2-5-12-15(8-10)27-19-17(12)18(24)21-16(22-19)7-4-11-3-6-13(20)14(9-11)23(25)26/h3-4,6-7,9-10H,2,5,8H2,1H3,(H,21,22,24)/b7-4+/t10-/m0/s1. The number of nitro benzene ring substituents is 1. The van der Waals surface area contributed by atoms with Crippen LogP contribution in [0.5, 0.6) is 0 Å². The zero-order chi connectivity index (χ0) is 19.1. The second-order valence-electron chi connectivity index (χ2n) is 6.78. The number of hydrogen-bond acceptors (Lipinski definition) is 5. The average molecular weight is 402 g/mol. The molecule has 0 fully saturated rings. The fourth-order valence-electron chi connectivity index (χ4n) is 3.39. The van der Waals surface area contributed by atoms with Crippen molar-refractivity contribution in [2.45, 2.75) is 26.2 Å². The van der Waals surface area contributed by atoms with Crippen LogP contribution >= 0.6 is 22.9 Å². The van der Waals surface area contributed by atoms with Crippen LogP contribution in [-0.4, -0.2) is 14.9 Å². The molecule has 27 heavy (non-hydrogen) atoms. The molecule has 2 aromatic heterocycles. The molecule has 0 saturated carbocycles. The van der Waals surface area contributed by atoms with Crippen molar-refractivity contribution in [3.05, 3.63) is 65.5 Å². The number of fused-ring (bicyclic) bond motifs is 3. The third-order valence-electron chi connectivity index (χ3n) is 4.78. The summed E-state index contributed by atoms with van der Waals surface area (Å²) < 4.78 is 0. The Hall–Kier alpha value is -2.51. The van der Waals surface area contributed by atoms with Crippen molar-refractivity contribution in [2.24, 2.45) is 5.92 Å². The molecule has 1 aliphatic carbocycles. The summed E-state index contributed by atoms with van der Waals surface area (Å²) in [6.07, 6.45) is 6.33. The minimum Gasteiger partial charge on any atom is -0.306 e. The summed E-state index contributed by atoms with van der Waals surface area (Å²) in [6, 6.07) is 4.54. The summed E-state index contributed by atoms with van der Waals surface area (Å²) in [5.41, 5.74) is 1.46. The second kappa shape index (κ2) is 6.90. The SMILES string of the molecule is C[C@H]1CCc2c(sc3nc(/C=C/c4ccc(Cl)c([N+](=O)[O-])c4)[nH]c(=O)c23)C1. The number of aromatic nitrogens is 2. The molecule has 8 heteroatoms. The van der Waals surface area contributed by atoms with E-state index in [0.29, 0.717) is 22.7 Å². The Bertz CT molecular complexity index is 1150. The van der Waals surface area contributed by atoms with Crippen LogP contribution in [0, 0.1) is 16.0 Å². The van der Waals surface area contributed by atoms with Gasteiger partial charge in [-0.3, -0.25) is 14.9 Å². The van der Waals surface area contributed by atoms with Crippen LogP contribution in [0.25, 0.3) is 22.4 Å². The quantitative estimate of drug-likeness (QED) is 0.502. The van der Waals surface area contributed by atoms with Gasteiger partial charge in [-0.1, -0.05) is 30.7 Å². The Morgan fingerprint density at radius 1 is 1.41 bits per heavy atom. The van der Waals surface area contributed by atoms with E-state index in [0.717, 1.165) is 29.7 Å². The molecule has 3 aromatic rings. The lowest BCUT2D eigenvalue weighted by Gasteiger charge is -2.17. The number of aromatic amines is 1. The van der Waals surface area contributed by atoms with E-state index in [9.17, 15) is 14.9 Å². The van der Waals surface area contributed by atoms with Crippen LogP contribution in [0.1, 0.15) is 35.2 Å². The summed E-state index contributed by atoms with van der Waals surface area (Å²) in [5.74, 6) is 1.06. The van der Waals surface area contributed by atoms with E-state index in [2.05, 4.69) is 16.9 Å². The summed E-state index contributed by atoms with van der Waals surface area (Å²) in [4.78, 5) is 32.4. The minimum atomic E-state index is -0.525. The van der Waals surface area contributed by atoms with E-state index in [-0.39, 0.29) is 16.3 Å². The monoisotopic (exact) mass is 401 g/mol. The van der Waals surface area contributed by atoms with Crippen molar-refractivity contribution in [1.82, 2.24) is 9.97 Å². The molecule has 2 heterocycles. The highest BCUT2D eigenvalue weighted by Gasteiger charge is 2.22. The molecule has 6 nitrogen and oxygen atoms in total. The van der Waals surface area contributed by atoms with Gasteiger partial charge >= 0.3 is 0 Å². The van der Waals surface area contributed by atoms with E-state index < -0.39 is 4.92 Å². The van der Waals surface area contributed by atoms with Crippen LogP contribution in [0.15, 0.2) is 23.0 Å². The summed E-state index contributed by atoms with van der Waals surface area (Å²) in [5, 5.41) is 11.8. The Labute approximate surface area is 163 Å². The van der Waals surface area contributed by atoms with Crippen molar-refractivity contribution in [3.8, 4) is 0 Å². The smallest absolute Gasteiger partial charge is 0.288 e. The zero-order valence-corrected chi connectivity index (χ0v) is 16.1. The van der Waals surface area contributed by atoms with Gasteiger partial charge in [0.15, 0.2) is 0 Å². The number of hydrogen-bond donors (Lipinski definition) is 1. The Balaban J connectivity index is 1.71. The molecule has 0 bridgehead atoms. The molecule has 0 aliphatic heterocycles. The van der Waals surface area contributed by atoms with Crippen LogP contribution in [-0.2, 0) is 12.8 Å². The molecule has 1 atom stereocenters. The van der Waals surface area contributed by atoms with E-state index >= 15 is 0 Å². The zero-order valence-electron chi connectivity index (χ0n) is 14.5. The van der Waals surface area contributed by atoms with Gasteiger partial charge in [-0.25, -0.2) is 4.98 Å². The molecule has 1 aromatic carbocycles. The molecule has 1 N–H and O–H groups in total. The fourth-order valence-corrected chi connectivity index (χ4v) is 4.97. The van der Waals surface area contributed by atoms with Gasteiger partial charge in [0.05, 0.1) is 10.3 Å². The highest BCUT2D eigenvalue weighted by atomic mass is 35.5. The first-order chi connectivity index (χ1) is 12.9. The van der Waals surface area contributed by atoms with Crippen molar-refractivity contribution in [1.29, 1.82) is 0 Å². The predicted molar refractivity (Wildman–Crippen MR) is 108 cm³/mol. The number of aryl methyl sites for hydroxylation is 1. The molecule has 0 saturated heterocycles. The van der Waals surface area contributed by atoms with Gasteiger partial charge in [-0.05, 0) is 48.4 Å². The maximum atomic E-state index is 12.6. The van der Waals surface area contributed by atoms with Gasteiger partial charge in [0.1, 0.15) is 15.7 Å². The van der Waals surface area contributed by atoms with Gasteiger partial charge in [-0.2, -0.15) is 0 Å². The lowest BCUT2D eigenvalue weighted by Crippen LogP contribution is -2.13. The number of nitrogens with one attached hydrogen (secondary N) is 1. The summed E-state index contributed by atoms with van der Waals surface area (Å²) in [7, 11) is 0. The molecule has 0 spiro atoms. The Morgan fingerprint density at radius 3 is 3.00 bits per heavy atom. The number of halogens is 1. The average Bonchev–Trinajstić information content (AvgIpc) is 2.98. The lowest BCUT2D eigenvalue weighted by molar-refractivity contribution is -0.384. The van der Waals surface area contributed by atoms with Crippen LogP contribution in [0.3, 0.4) is 0 Å². The highest BCUT2D eigenvalue weighted by molar-refractivity contribution is 7.18. The van der Waals surface area contributed by atoms with Crippen molar-refractivity contribution >= 4 is 51.0 Å². The van der Waals surface area contributed by atoms with Gasteiger partial charge in [0, 0.05) is 10.9 Å². The number of nitro groups is 1. The molecule has 0 amide bonds. The van der Waals surface area contributed by atoms with E-state index in [1.165, 1.54) is 17.0 Å². The maximum absolute atomic E-state index is 12.6. The summed E-state index contributed by atoms with van der Waals surface area (Å²) >= 11 is 7.42. The Morgan fingerprint density at radius 2 is 2.22 bits per heavy atom. The van der Waals surface area contributed by atoms with Crippen LogP contribution in [0.4, 0.5) is 5.69 Å². The third kappa shape index (κ3) is 3.40. The second-order valence-corrected chi connectivity index (χ2v) is 8.28. The fraction of sp³-hybridized carbons (Fsp3) is 0.263. The maximum Gasteiger partial charge on any atom is 0.288 e. The minimum absolute atomic E-state index is 0.0866. The molecule has 0 unspecified atom stereocenters. The van der Waals surface area contributed by atoms with E-state index in [1.807, 2.05) is 0 Å². The highest BCUT2D eigenvalue weighted by Crippen LogP contribution is 2.35. The topological polar surface area (TPSA) is 88.9 Å². The lowest BCUT2D eigenvalue weighted by atomic mass is 9.89. The van der Waals surface area contributed by atoms with Gasteiger partial charge in [0.25, 0.3) is 11.2 Å². The van der Waals surface area contributed by atoms with Crippen LogP contribution in [0.2, 0.25) is 5.02 Å². The Kier molecular flexibility index (Phi) is 4.57. The van der Waals surface area contributed by atoms with Crippen molar-refractivity contribution < 1.29 is 4.92 Å². The first kappa shape index (κ1) is 17.9. The van der Waals surface area contributed by atoms with E-state index in [4.69, 9.17) is 11.6 Å². The number of H-pyrrole nitrogens is 1. The molecule has 4 rings (SSSR count). The predicted octanol–water partition coefficient (Wildman–Crippen LogP) is 4.84. The van der Waals surface area contributed by atoms with E-state index in [1.54, 1.807) is 29.6 Å². The molecule has 138 valence electrons. The first-order valence-corrected chi connectivity index (χ1v) is 9.78. The van der Waals surface area contributed by atoms with Gasteiger partial charge < -0.3 is 4.98 Å². The third-order valence-corrected chi connectivity index (χ3v) is 6.25. The molecule has 0 radical (unpaired) electrons.